The number of aryl methyl sites for hydroxylation is 1. The molecule has 5 heteroatoms. The molecule has 1 heterocycles. The largest absolute Gasteiger partial charge is 0.465 e. The quantitative estimate of drug-likeness (QED) is 0.836. The fraction of sp³-hybridized carbons (Fsp3) is 0.429. The summed E-state index contributed by atoms with van der Waals surface area (Å²) in [7, 11) is 0. The van der Waals surface area contributed by atoms with Crippen LogP contribution in [0.3, 0.4) is 0 Å². The molecule has 1 saturated heterocycles. The first-order valence-electron chi connectivity index (χ1n) is 6.27. The van der Waals surface area contributed by atoms with Gasteiger partial charge in [-0.15, -0.1) is 0 Å². The average Bonchev–Trinajstić information content (AvgIpc) is 2.41. The lowest BCUT2D eigenvalue weighted by Gasteiger charge is -2.30. The summed E-state index contributed by atoms with van der Waals surface area (Å²) in [6, 6.07) is 4.12. The molecular formula is C14H16FNO3. The fourth-order valence-corrected chi connectivity index (χ4v) is 2.44. The van der Waals surface area contributed by atoms with E-state index in [1.807, 2.05) is 0 Å². The van der Waals surface area contributed by atoms with Crippen molar-refractivity contribution in [3.63, 3.8) is 0 Å². The van der Waals surface area contributed by atoms with E-state index in [2.05, 4.69) is 0 Å². The molecule has 0 saturated carbocycles. The number of hydrogen-bond acceptors (Lipinski definition) is 2. The molecule has 0 unspecified atom stereocenters. The Bertz CT molecular complexity index is 515. The van der Waals surface area contributed by atoms with Crippen molar-refractivity contribution >= 4 is 11.9 Å². The van der Waals surface area contributed by atoms with Crippen molar-refractivity contribution < 1.29 is 19.1 Å². The van der Waals surface area contributed by atoms with E-state index in [9.17, 15) is 14.0 Å². The summed E-state index contributed by atoms with van der Waals surface area (Å²) in [6.45, 7) is 2.41. The van der Waals surface area contributed by atoms with Gasteiger partial charge in [0.2, 0.25) is 0 Å². The molecule has 1 atom stereocenters. The van der Waals surface area contributed by atoms with Gasteiger partial charge in [0.25, 0.3) is 0 Å². The molecule has 1 aromatic rings. The van der Waals surface area contributed by atoms with Crippen molar-refractivity contribution in [1.29, 1.82) is 0 Å². The molecule has 1 N–H and O–H groups in total. The van der Waals surface area contributed by atoms with Gasteiger partial charge in [-0.05, 0) is 37.5 Å². The Labute approximate surface area is 110 Å². The molecule has 102 valence electrons. The van der Waals surface area contributed by atoms with E-state index >= 15 is 0 Å². The second kappa shape index (κ2) is 5.38. The normalized spacial score (nSPS) is 19.3. The molecule has 0 aliphatic carbocycles. The molecule has 1 aliphatic rings. The molecule has 1 amide bonds. The third-order valence-electron chi connectivity index (χ3n) is 3.53. The smallest absolute Gasteiger partial charge is 0.407 e. The number of carboxylic acid groups (broad SMARTS) is 1. The highest BCUT2D eigenvalue weighted by Crippen LogP contribution is 2.23. The summed E-state index contributed by atoms with van der Waals surface area (Å²) >= 11 is 0. The Morgan fingerprint density at radius 2 is 2.16 bits per heavy atom. The molecule has 19 heavy (non-hydrogen) atoms. The highest BCUT2D eigenvalue weighted by molar-refractivity contribution is 5.99. The number of piperidine rings is 1. The number of benzene rings is 1. The Kier molecular flexibility index (Phi) is 3.83. The Hall–Kier alpha value is -1.91. The van der Waals surface area contributed by atoms with Crippen LogP contribution in [0.15, 0.2) is 18.2 Å². The molecule has 1 aromatic carbocycles. The molecular weight excluding hydrogens is 249 g/mol. The number of hydrogen-bond donors (Lipinski definition) is 1. The summed E-state index contributed by atoms with van der Waals surface area (Å²) in [4.78, 5) is 24.5. The first-order chi connectivity index (χ1) is 8.99. The first-order valence-corrected chi connectivity index (χ1v) is 6.27. The summed E-state index contributed by atoms with van der Waals surface area (Å²) in [5, 5.41) is 8.96. The number of likely N-dealkylation sites (tertiary alicyclic amines) is 1. The van der Waals surface area contributed by atoms with Crippen molar-refractivity contribution in [2.75, 3.05) is 13.1 Å². The lowest BCUT2D eigenvalue weighted by molar-refractivity contribution is 0.0805. The second-order valence-corrected chi connectivity index (χ2v) is 4.89. The SMILES string of the molecule is Cc1ccc(F)cc1C(=O)[C@@H]1CCCN(C(=O)O)C1. The zero-order valence-corrected chi connectivity index (χ0v) is 10.7. The highest BCUT2D eigenvalue weighted by Gasteiger charge is 2.29. The zero-order chi connectivity index (χ0) is 14.0. The minimum atomic E-state index is -1.01. The van der Waals surface area contributed by atoms with Gasteiger partial charge in [-0.2, -0.15) is 0 Å². The topological polar surface area (TPSA) is 57.6 Å². The summed E-state index contributed by atoms with van der Waals surface area (Å²) in [5.74, 6) is -0.979. The maximum absolute atomic E-state index is 13.2. The average molecular weight is 265 g/mol. The summed E-state index contributed by atoms with van der Waals surface area (Å²) in [6.07, 6.45) is 0.309. The lowest BCUT2D eigenvalue weighted by atomic mass is 9.88. The molecule has 1 aliphatic heterocycles. The van der Waals surface area contributed by atoms with Crippen LogP contribution in [0.2, 0.25) is 0 Å². The Balaban J connectivity index is 2.19. The van der Waals surface area contributed by atoms with Crippen molar-refractivity contribution in [3.8, 4) is 0 Å². The predicted molar refractivity (Wildman–Crippen MR) is 67.8 cm³/mol. The van der Waals surface area contributed by atoms with Crippen molar-refractivity contribution in [1.82, 2.24) is 4.90 Å². The van der Waals surface area contributed by atoms with E-state index in [4.69, 9.17) is 5.11 Å². The second-order valence-electron chi connectivity index (χ2n) is 4.89. The van der Waals surface area contributed by atoms with E-state index in [1.54, 1.807) is 13.0 Å². The predicted octanol–water partition coefficient (Wildman–Crippen LogP) is 2.71. The minimum absolute atomic E-state index is 0.164. The fourth-order valence-electron chi connectivity index (χ4n) is 2.44. The van der Waals surface area contributed by atoms with Gasteiger partial charge >= 0.3 is 6.09 Å². The van der Waals surface area contributed by atoms with Crippen LogP contribution in [-0.2, 0) is 0 Å². The van der Waals surface area contributed by atoms with Crippen LogP contribution in [0.4, 0.5) is 9.18 Å². The van der Waals surface area contributed by atoms with Crippen LogP contribution in [-0.4, -0.2) is 35.0 Å². The van der Waals surface area contributed by atoms with Crippen LogP contribution in [0, 0.1) is 18.7 Å². The monoisotopic (exact) mass is 265 g/mol. The van der Waals surface area contributed by atoms with Crippen LogP contribution in [0.25, 0.3) is 0 Å². The van der Waals surface area contributed by atoms with Gasteiger partial charge in [-0.3, -0.25) is 4.79 Å². The summed E-state index contributed by atoms with van der Waals surface area (Å²) < 4.78 is 13.2. The molecule has 1 fully saturated rings. The number of halogens is 1. The van der Waals surface area contributed by atoms with Gasteiger partial charge in [-0.1, -0.05) is 6.07 Å². The van der Waals surface area contributed by atoms with Gasteiger partial charge in [0.15, 0.2) is 5.78 Å². The molecule has 0 aromatic heterocycles. The van der Waals surface area contributed by atoms with E-state index in [0.29, 0.717) is 24.9 Å². The molecule has 0 spiro atoms. The van der Waals surface area contributed by atoms with Gasteiger partial charge in [0.05, 0.1) is 0 Å². The van der Waals surface area contributed by atoms with Crippen LogP contribution < -0.4 is 0 Å². The highest BCUT2D eigenvalue weighted by atomic mass is 19.1. The zero-order valence-electron chi connectivity index (χ0n) is 10.7. The number of nitrogens with zero attached hydrogens (tertiary/aromatic N) is 1. The molecule has 4 nitrogen and oxygen atoms in total. The first kappa shape index (κ1) is 13.5. The number of carbonyl (C=O) groups excluding carboxylic acids is 1. The third kappa shape index (κ3) is 2.92. The third-order valence-corrected chi connectivity index (χ3v) is 3.53. The Morgan fingerprint density at radius 1 is 1.42 bits per heavy atom. The number of rotatable bonds is 2. The Morgan fingerprint density at radius 3 is 2.84 bits per heavy atom. The lowest BCUT2D eigenvalue weighted by Crippen LogP contribution is -2.41. The molecule has 0 radical (unpaired) electrons. The minimum Gasteiger partial charge on any atom is -0.465 e. The molecule has 0 bridgehead atoms. The van der Waals surface area contributed by atoms with Gasteiger partial charge < -0.3 is 10.0 Å². The van der Waals surface area contributed by atoms with Crippen molar-refractivity contribution in [2.24, 2.45) is 5.92 Å². The van der Waals surface area contributed by atoms with Gasteiger partial charge in [0.1, 0.15) is 5.82 Å². The van der Waals surface area contributed by atoms with E-state index < -0.39 is 11.9 Å². The standard InChI is InChI=1S/C14H16FNO3/c1-9-4-5-11(15)7-12(9)13(17)10-3-2-6-16(8-10)14(18)19/h4-5,7,10H,2-3,6,8H2,1H3,(H,18,19)/t10-/m1/s1. The maximum atomic E-state index is 13.2. The number of amides is 1. The number of carbonyl (C=O) groups is 2. The maximum Gasteiger partial charge on any atom is 0.407 e. The van der Waals surface area contributed by atoms with Gasteiger partial charge in [0, 0.05) is 24.6 Å². The van der Waals surface area contributed by atoms with Crippen LogP contribution in [0.1, 0.15) is 28.8 Å². The van der Waals surface area contributed by atoms with Gasteiger partial charge in [-0.25, -0.2) is 9.18 Å². The van der Waals surface area contributed by atoms with Crippen LogP contribution in [0.5, 0.6) is 0 Å². The van der Waals surface area contributed by atoms with Crippen molar-refractivity contribution in [3.05, 3.63) is 35.1 Å². The summed E-state index contributed by atoms with van der Waals surface area (Å²) in [5.41, 5.74) is 1.08. The van der Waals surface area contributed by atoms with E-state index in [-0.39, 0.29) is 18.2 Å². The van der Waals surface area contributed by atoms with Crippen molar-refractivity contribution in [2.45, 2.75) is 19.8 Å². The van der Waals surface area contributed by atoms with E-state index in [1.165, 1.54) is 17.0 Å². The number of ketones is 1. The van der Waals surface area contributed by atoms with E-state index in [0.717, 1.165) is 5.56 Å². The molecule has 2 rings (SSSR count). The number of Topliss-reactive ketones (excluding diaryl/α,β-unsaturated/α-hetero) is 1. The van der Waals surface area contributed by atoms with Crippen LogP contribution >= 0.6 is 0 Å².